The maximum absolute atomic E-state index is 11.7. The van der Waals surface area contributed by atoms with Crippen molar-refractivity contribution in [2.24, 2.45) is 51.2 Å². The average molecular weight is 407 g/mol. The van der Waals surface area contributed by atoms with Crippen molar-refractivity contribution in [2.45, 2.75) is 98.1 Å². The maximum Gasteiger partial charge on any atom is 0.158 e. The van der Waals surface area contributed by atoms with Gasteiger partial charge in [-0.15, -0.1) is 0 Å². The van der Waals surface area contributed by atoms with Gasteiger partial charge < -0.3 is 20.1 Å². The van der Waals surface area contributed by atoms with Crippen molar-refractivity contribution in [1.82, 2.24) is 0 Å². The van der Waals surface area contributed by atoms with E-state index in [1.54, 1.807) is 0 Å². The van der Waals surface area contributed by atoms with Crippen LogP contribution in [-0.4, -0.2) is 40.4 Å². The lowest BCUT2D eigenvalue weighted by Gasteiger charge is -2.71. The van der Waals surface area contributed by atoms with Gasteiger partial charge in [0, 0.05) is 17.3 Å². The second-order valence-electron chi connectivity index (χ2n) is 12.9. The van der Waals surface area contributed by atoms with Crippen molar-refractivity contribution >= 4 is 0 Å². The summed E-state index contributed by atoms with van der Waals surface area (Å²) in [5.41, 5.74) is 0.329. The predicted molar refractivity (Wildman–Crippen MR) is 112 cm³/mol. The van der Waals surface area contributed by atoms with Gasteiger partial charge >= 0.3 is 0 Å². The average Bonchev–Trinajstić information content (AvgIpc) is 3.02. The Balaban J connectivity index is 1.58. The molecule has 1 aliphatic heterocycles. The molecular weight excluding hydrogens is 364 g/mol. The first kappa shape index (κ1) is 20.7. The topological polar surface area (TPSA) is 69.9 Å². The van der Waals surface area contributed by atoms with E-state index < -0.39 is 23.9 Å². The van der Waals surface area contributed by atoms with E-state index in [-0.39, 0.29) is 28.6 Å². The summed E-state index contributed by atoms with van der Waals surface area (Å²) in [7, 11) is 0. The molecule has 0 radical (unpaired) electrons. The third kappa shape index (κ3) is 2.46. The molecule has 1 unspecified atom stereocenters. The molecule has 166 valence electrons. The summed E-state index contributed by atoms with van der Waals surface area (Å²) in [6.45, 7) is 12.5. The van der Waals surface area contributed by atoms with Gasteiger partial charge in [-0.25, -0.2) is 0 Å². The molecule has 4 saturated carbocycles. The lowest BCUT2D eigenvalue weighted by atomic mass is 9.34. The van der Waals surface area contributed by atoms with E-state index in [4.69, 9.17) is 4.74 Å². The summed E-state index contributed by atoms with van der Waals surface area (Å²) < 4.78 is 5.62. The van der Waals surface area contributed by atoms with E-state index in [1.165, 1.54) is 32.1 Å². The van der Waals surface area contributed by atoms with Gasteiger partial charge in [0.25, 0.3) is 0 Å². The van der Waals surface area contributed by atoms with Gasteiger partial charge in [0.05, 0.1) is 18.8 Å². The summed E-state index contributed by atoms with van der Waals surface area (Å²) >= 11 is 0. The van der Waals surface area contributed by atoms with Crippen molar-refractivity contribution in [1.29, 1.82) is 0 Å². The fourth-order valence-corrected chi connectivity index (χ4v) is 10.2. The fraction of sp³-hybridized carbons (Fsp3) is 1.00. The van der Waals surface area contributed by atoms with Gasteiger partial charge in [-0.2, -0.15) is 0 Å². The van der Waals surface area contributed by atoms with E-state index in [9.17, 15) is 15.3 Å². The molecule has 1 heterocycles. The molecule has 5 rings (SSSR count). The zero-order valence-electron chi connectivity index (χ0n) is 19.0. The molecule has 1 saturated heterocycles. The van der Waals surface area contributed by atoms with Crippen molar-refractivity contribution in [3.8, 4) is 0 Å². The van der Waals surface area contributed by atoms with E-state index in [1.807, 2.05) is 0 Å². The predicted octanol–water partition coefficient (Wildman–Crippen LogP) is 3.97. The van der Waals surface area contributed by atoms with Crippen LogP contribution in [0.5, 0.6) is 0 Å². The normalized spacial score (nSPS) is 61.2. The Hall–Kier alpha value is -0.160. The van der Waals surface area contributed by atoms with Crippen LogP contribution in [0, 0.1) is 51.2 Å². The van der Waals surface area contributed by atoms with Gasteiger partial charge in [0.2, 0.25) is 0 Å². The fourth-order valence-electron chi connectivity index (χ4n) is 10.2. The van der Waals surface area contributed by atoms with E-state index in [0.717, 1.165) is 12.8 Å². The molecule has 5 aliphatic rings. The van der Waals surface area contributed by atoms with Gasteiger partial charge in [0.15, 0.2) is 6.29 Å². The largest absolute Gasteiger partial charge is 0.393 e. The quantitative estimate of drug-likeness (QED) is 0.569. The monoisotopic (exact) mass is 406 g/mol. The molecule has 5 fully saturated rings. The third-order valence-corrected chi connectivity index (χ3v) is 11.5. The van der Waals surface area contributed by atoms with Crippen LogP contribution in [0.1, 0.15) is 79.6 Å². The number of aliphatic hydroxyl groups is 3. The summed E-state index contributed by atoms with van der Waals surface area (Å²) in [5.74, 6) is 1.18. The maximum atomic E-state index is 11.7. The van der Waals surface area contributed by atoms with Crippen LogP contribution in [0.4, 0.5) is 0 Å². The standard InChI is InChI=1S/C25H42O4/c1-22(2)8-6-9-23(3)16(22)7-10-24(4)17(23)12-19(27)25(5)18(24)11-15(26)14-13-29-21(28)20(14)25/h14-21,26-28H,6-13H2,1-5H3/t14?,15-,16-,17+,18-,19+,20+,21+,23-,24+,25+/m0/s1. The van der Waals surface area contributed by atoms with E-state index in [0.29, 0.717) is 23.9 Å². The van der Waals surface area contributed by atoms with Crippen LogP contribution in [0.15, 0.2) is 0 Å². The Labute approximate surface area is 176 Å². The zero-order valence-corrected chi connectivity index (χ0v) is 19.0. The van der Waals surface area contributed by atoms with Crippen molar-refractivity contribution < 1.29 is 20.1 Å². The summed E-state index contributed by atoms with van der Waals surface area (Å²) in [4.78, 5) is 0. The first-order valence-electron chi connectivity index (χ1n) is 12.1. The Morgan fingerprint density at radius 1 is 0.793 bits per heavy atom. The Morgan fingerprint density at radius 2 is 1.48 bits per heavy atom. The van der Waals surface area contributed by atoms with Crippen LogP contribution < -0.4 is 0 Å². The first-order valence-corrected chi connectivity index (χ1v) is 12.1. The van der Waals surface area contributed by atoms with E-state index in [2.05, 4.69) is 34.6 Å². The van der Waals surface area contributed by atoms with Crippen LogP contribution in [-0.2, 0) is 4.74 Å². The molecule has 3 N–H and O–H groups in total. The molecule has 0 bridgehead atoms. The number of fused-ring (bicyclic) bond motifs is 7. The molecule has 4 nitrogen and oxygen atoms in total. The second-order valence-corrected chi connectivity index (χ2v) is 12.9. The van der Waals surface area contributed by atoms with Gasteiger partial charge in [0.1, 0.15) is 0 Å². The smallest absolute Gasteiger partial charge is 0.158 e. The molecule has 11 atom stereocenters. The summed E-state index contributed by atoms with van der Waals surface area (Å²) in [6.07, 6.45) is 6.11. The van der Waals surface area contributed by atoms with E-state index >= 15 is 0 Å². The van der Waals surface area contributed by atoms with Gasteiger partial charge in [-0.1, -0.05) is 41.0 Å². The van der Waals surface area contributed by atoms with Crippen LogP contribution in [0.2, 0.25) is 0 Å². The molecule has 0 spiro atoms. The number of hydrogen-bond donors (Lipinski definition) is 3. The van der Waals surface area contributed by atoms with Crippen molar-refractivity contribution in [3.05, 3.63) is 0 Å². The zero-order chi connectivity index (χ0) is 21.0. The highest BCUT2D eigenvalue weighted by atomic mass is 16.6. The molecule has 4 aliphatic carbocycles. The Kier molecular flexibility index (Phi) is 4.44. The van der Waals surface area contributed by atoms with Gasteiger partial charge in [-0.3, -0.25) is 0 Å². The highest BCUT2D eigenvalue weighted by Gasteiger charge is 2.71. The molecule has 0 aromatic heterocycles. The second kappa shape index (κ2) is 6.21. The first-order chi connectivity index (χ1) is 13.5. The number of rotatable bonds is 0. The Bertz CT molecular complexity index is 678. The summed E-state index contributed by atoms with van der Waals surface area (Å²) in [5, 5.41) is 33.4. The summed E-state index contributed by atoms with van der Waals surface area (Å²) in [6, 6.07) is 0. The highest BCUT2D eigenvalue weighted by Crippen LogP contribution is 2.74. The lowest BCUT2D eigenvalue weighted by Crippen LogP contribution is -2.69. The SMILES string of the molecule is CC1(C)CCC[C@]2(C)[C@H]3C[C@@H](O)[C@]4(C)[C@@H]5C(CO[C@H]5O)[C@@H](O)C[C@H]4[C@]3(C)CC[C@@H]12. The third-order valence-electron chi connectivity index (χ3n) is 11.5. The van der Waals surface area contributed by atoms with Crippen molar-refractivity contribution in [3.63, 3.8) is 0 Å². The number of hydrogen-bond acceptors (Lipinski definition) is 4. The lowest BCUT2D eigenvalue weighted by molar-refractivity contribution is -0.272. The molecule has 4 heteroatoms. The number of aliphatic hydroxyl groups excluding tert-OH is 3. The number of ether oxygens (including phenoxy) is 1. The molecule has 0 amide bonds. The van der Waals surface area contributed by atoms with Gasteiger partial charge in [-0.05, 0) is 72.5 Å². The minimum Gasteiger partial charge on any atom is -0.393 e. The molecular formula is C25H42O4. The van der Waals surface area contributed by atoms with Crippen molar-refractivity contribution in [2.75, 3.05) is 6.61 Å². The molecule has 29 heavy (non-hydrogen) atoms. The minimum absolute atomic E-state index is 0.0541. The van der Waals surface area contributed by atoms with Crippen LogP contribution >= 0.6 is 0 Å². The minimum atomic E-state index is -0.863. The van der Waals surface area contributed by atoms with Crippen LogP contribution in [0.3, 0.4) is 0 Å². The van der Waals surface area contributed by atoms with Crippen LogP contribution in [0.25, 0.3) is 0 Å². The highest BCUT2D eigenvalue weighted by molar-refractivity contribution is 5.18. The Morgan fingerprint density at radius 3 is 2.21 bits per heavy atom. The molecule has 0 aromatic rings. The molecule has 0 aromatic carbocycles.